The number of aryl methyl sites for hydroxylation is 2. The van der Waals surface area contributed by atoms with E-state index in [2.05, 4.69) is 44.5 Å². The van der Waals surface area contributed by atoms with Crippen molar-refractivity contribution in [2.75, 3.05) is 24.5 Å². The van der Waals surface area contributed by atoms with E-state index in [-0.39, 0.29) is 11.5 Å². The van der Waals surface area contributed by atoms with Crippen LogP contribution in [0.5, 0.6) is 0 Å². The fourth-order valence-electron chi connectivity index (χ4n) is 3.06. The third-order valence-corrected chi connectivity index (χ3v) is 4.27. The Morgan fingerprint density at radius 2 is 2.21 bits per heavy atom. The number of hydrogen-bond donors (Lipinski definition) is 2. The maximum atomic E-state index is 12.0. The Hall–Kier alpha value is -2.63. The second kappa shape index (κ2) is 7.29. The minimum atomic E-state index is -0.398. The largest absolute Gasteiger partial charge is 0.371 e. The van der Waals surface area contributed by atoms with Crippen molar-refractivity contribution >= 4 is 11.6 Å². The van der Waals surface area contributed by atoms with Gasteiger partial charge in [0.15, 0.2) is 0 Å². The predicted octanol–water partition coefficient (Wildman–Crippen LogP) is 1.65. The van der Waals surface area contributed by atoms with Crippen LogP contribution in [0, 0.1) is 6.92 Å². The van der Waals surface area contributed by atoms with Crippen LogP contribution in [-0.4, -0.2) is 35.5 Å². The summed E-state index contributed by atoms with van der Waals surface area (Å²) in [4.78, 5) is 32.6. The summed E-state index contributed by atoms with van der Waals surface area (Å²) in [5.74, 6) is 0.128. The Bertz CT molecular complexity index is 785. The molecule has 0 radical (unpaired) electrons. The molecule has 1 aromatic heterocycles. The molecule has 1 amide bonds. The van der Waals surface area contributed by atoms with Crippen LogP contribution < -0.4 is 15.8 Å². The van der Waals surface area contributed by atoms with Crippen LogP contribution in [0.2, 0.25) is 0 Å². The van der Waals surface area contributed by atoms with Gasteiger partial charge in [-0.1, -0.05) is 18.2 Å². The zero-order valence-corrected chi connectivity index (χ0v) is 13.8. The van der Waals surface area contributed by atoms with Crippen LogP contribution in [0.25, 0.3) is 0 Å². The maximum absolute atomic E-state index is 12.0. The molecule has 1 aliphatic heterocycles. The second-order valence-corrected chi connectivity index (χ2v) is 6.04. The van der Waals surface area contributed by atoms with Gasteiger partial charge in [0.05, 0.1) is 0 Å². The molecule has 0 spiro atoms. The minimum absolute atomic E-state index is 0.0592. The van der Waals surface area contributed by atoms with Crippen LogP contribution >= 0.6 is 0 Å². The highest BCUT2D eigenvalue weighted by Gasteiger charge is 2.16. The first-order chi connectivity index (χ1) is 11.6. The van der Waals surface area contributed by atoms with E-state index < -0.39 is 5.56 Å². The van der Waals surface area contributed by atoms with Crippen molar-refractivity contribution in [3.8, 4) is 0 Å². The van der Waals surface area contributed by atoms with Crippen molar-refractivity contribution in [3.05, 3.63) is 57.8 Å². The normalized spacial score (nSPS) is 13.5. The number of amides is 1. The van der Waals surface area contributed by atoms with Crippen molar-refractivity contribution < 1.29 is 4.79 Å². The summed E-state index contributed by atoms with van der Waals surface area (Å²) in [6.07, 6.45) is 4.45. The predicted molar refractivity (Wildman–Crippen MR) is 93.5 cm³/mol. The fourth-order valence-corrected chi connectivity index (χ4v) is 3.06. The molecule has 0 bridgehead atoms. The van der Waals surface area contributed by atoms with Crippen molar-refractivity contribution in [2.45, 2.75) is 26.2 Å². The molecule has 0 atom stereocenters. The van der Waals surface area contributed by atoms with Gasteiger partial charge in [-0.05, 0) is 37.8 Å². The highest BCUT2D eigenvalue weighted by atomic mass is 16.2. The lowest BCUT2D eigenvalue weighted by atomic mass is 10.0. The standard InChI is InChI=1S/C18H22N4O2/c1-13-20-12-15(18(24)21-13)17(23)19-9-5-11-22-10-4-7-14-6-2-3-8-16(14)22/h2-3,6,8,12H,4-5,7,9-11H2,1H3,(H,19,23)(H,20,21,24). The van der Waals surface area contributed by atoms with Gasteiger partial charge in [0.2, 0.25) is 0 Å². The summed E-state index contributed by atoms with van der Waals surface area (Å²) < 4.78 is 0. The van der Waals surface area contributed by atoms with E-state index in [1.807, 2.05) is 0 Å². The van der Waals surface area contributed by atoms with Crippen molar-refractivity contribution in [2.24, 2.45) is 0 Å². The molecule has 2 aromatic rings. The van der Waals surface area contributed by atoms with Crippen LogP contribution in [0.15, 0.2) is 35.3 Å². The minimum Gasteiger partial charge on any atom is -0.371 e. The molecule has 2 heterocycles. The third kappa shape index (κ3) is 3.64. The maximum Gasteiger partial charge on any atom is 0.263 e. The van der Waals surface area contributed by atoms with Crippen molar-refractivity contribution in [1.29, 1.82) is 0 Å². The molecule has 0 saturated carbocycles. The van der Waals surface area contributed by atoms with Gasteiger partial charge in [0, 0.05) is 31.5 Å². The van der Waals surface area contributed by atoms with E-state index >= 15 is 0 Å². The van der Waals surface area contributed by atoms with Crippen molar-refractivity contribution in [3.63, 3.8) is 0 Å². The molecule has 0 saturated heterocycles. The first-order valence-corrected chi connectivity index (χ1v) is 8.32. The number of hydrogen-bond acceptors (Lipinski definition) is 4. The Morgan fingerprint density at radius 1 is 1.38 bits per heavy atom. The SMILES string of the molecule is Cc1ncc(C(=O)NCCCN2CCCc3ccccc32)c(=O)[nH]1. The van der Waals surface area contributed by atoms with E-state index in [1.54, 1.807) is 6.92 Å². The number of nitrogens with zero attached hydrogens (tertiary/aromatic N) is 2. The third-order valence-electron chi connectivity index (χ3n) is 4.27. The van der Waals surface area contributed by atoms with Gasteiger partial charge >= 0.3 is 0 Å². The van der Waals surface area contributed by atoms with E-state index in [0.29, 0.717) is 12.4 Å². The number of benzene rings is 1. The Kier molecular flexibility index (Phi) is 4.93. The molecule has 126 valence electrons. The number of fused-ring (bicyclic) bond motifs is 1. The first kappa shape index (κ1) is 16.2. The quantitative estimate of drug-likeness (QED) is 0.819. The van der Waals surface area contributed by atoms with Gasteiger partial charge in [-0.3, -0.25) is 9.59 Å². The molecule has 1 aromatic carbocycles. The lowest BCUT2D eigenvalue weighted by molar-refractivity contribution is 0.0951. The topological polar surface area (TPSA) is 78.1 Å². The molecule has 0 unspecified atom stereocenters. The van der Waals surface area contributed by atoms with Gasteiger partial charge in [0.25, 0.3) is 11.5 Å². The smallest absolute Gasteiger partial charge is 0.263 e. The fraction of sp³-hybridized carbons (Fsp3) is 0.389. The molecule has 0 fully saturated rings. The molecular weight excluding hydrogens is 304 g/mol. The highest BCUT2D eigenvalue weighted by Crippen LogP contribution is 2.26. The molecule has 1 aliphatic rings. The van der Waals surface area contributed by atoms with Crippen molar-refractivity contribution in [1.82, 2.24) is 15.3 Å². The number of aromatic amines is 1. The number of nitrogens with one attached hydrogen (secondary N) is 2. The highest BCUT2D eigenvalue weighted by molar-refractivity contribution is 5.93. The van der Waals surface area contributed by atoms with Gasteiger partial charge in [-0.25, -0.2) is 4.98 Å². The summed E-state index contributed by atoms with van der Waals surface area (Å²) in [6, 6.07) is 8.48. The van der Waals surface area contributed by atoms with Gasteiger partial charge in [-0.15, -0.1) is 0 Å². The van der Waals surface area contributed by atoms with E-state index in [9.17, 15) is 9.59 Å². The van der Waals surface area contributed by atoms with Gasteiger partial charge in [-0.2, -0.15) is 0 Å². The van der Waals surface area contributed by atoms with Gasteiger partial charge in [0.1, 0.15) is 11.4 Å². The zero-order valence-electron chi connectivity index (χ0n) is 13.8. The summed E-state index contributed by atoms with van der Waals surface area (Å²) in [5.41, 5.74) is 2.35. The van der Waals surface area contributed by atoms with E-state index in [1.165, 1.54) is 17.4 Å². The number of para-hydroxylation sites is 1. The Labute approximate surface area is 140 Å². The molecule has 2 N–H and O–H groups in total. The van der Waals surface area contributed by atoms with Crippen LogP contribution in [0.1, 0.15) is 34.6 Å². The number of carbonyl (C=O) groups is 1. The summed E-state index contributed by atoms with van der Waals surface area (Å²) in [5, 5.41) is 2.80. The Morgan fingerprint density at radius 3 is 3.04 bits per heavy atom. The molecule has 6 nitrogen and oxygen atoms in total. The number of anilines is 1. The molecule has 6 heteroatoms. The molecule has 24 heavy (non-hydrogen) atoms. The summed E-state index contributed by atoms with van der Waals surface area (Å²) in [6.45, 7) is 4.15. The average molecular weight is 326 g/mol. The van der Waals surface area contributed by atoms with E-state index in [4.69, 9.17) is 0 Å². The Balaban J connectivity index is 1.51. The monoisotopic (exact) mass is 326 g/mol. The lowest BCUT2D eigenvalue weighted by Gasteiger charge is -2.31. The first-order valence-electron chi connectivity index (χ1n) is 8.32. The molecule has 3 rings (SSSR count). The number of H-pyrrole nitrogens is 1. The zero-order chi connectivity index (χ0) is 16.9. The second-order valence-electron chi connectivity index (χ2n) is 6.04. The van der Waals surface area contributed by atoms with Crippen LogP contribution in [0.3, 0.4) is 0 Å². The molecular formula is C18H22N4O2. The average Bonchev–Trinajstić information content (AvgIpc) is 2.58. The number of aromatic nitrogens is 2. The molecule has 0 aliphatic carbocycles. The van der Waals surface area contributed by atoms with Gasteiger partial charge < -0.3 is 15.2 Å². The number of carbonyl (C=O) groups excluding carboxylic acids is 1. The summed E-state index contributed by atoms with van der Waals surface area (Å²) >= 11 is 0. The van der Waals surface area contributed by atoms with Crippen LogP contribution in [-0.2, 0) is 6.42 Å². The lowest BCUT2D eigenvalue weighted by Crippen LogP contribution is -2.34. The van der Waals surface area contributed by atoms with E-state index in [0.717, 1.165) is 32.4 Å². The number of rotatable bonds is 5. The summed E-state index contributed by atoms with van der Waals surface area (Å²) in [7, 11) is 0. The van der Waals surface area contributed by atoms with Crippen LogP contribution in [0.4, 0.5) is 5.69 Å².